The van der Waals surface area contributed by atoms with Crippen LogP contribution < -0.4 is 10.1 Å². The first kappa shape index (κ1) is 19.2. The number of nitrogens with zero attached hydrogens (tertiary/aromatic N) is 2. The number of nitrogens with one attached hydrogen (secondary N) is 1. The van der Waals surface area contributed by atoms with E-state index in [2.05, 4.69) is 5.32 Å². The summed E-state index contributed by atoms with van der Waals surface area (Å²) in [6.07, 6.45) is 3.50. The molecule has 0 atom stereocenters. The molecule has 2 amide bonds. The Morgan fingerprint density at radius 3 is 2.50 bits per heavy atom. The van der Waals surface area contributed by atoms with Crippen LogP contribution in [0.2, 0.25) is 0 Å². The van der Waals surface area contributed by atoms with E-state index in [0.29, 0.717) is 35.7 Å². The number of carbonyl (C=O) groups is 2. The molecule has 6 nitrogen and oxygen atoms in total. The van der Waals surface area contributed by atoms with Gasteiger partial charge in [-0.1, -0.05) is 12.1 Å². The maximum atomic E-state index is 12.4. The Balaban J connectivity index is 1.74. The smallest absolute Gasteiger partial charge is 0.264 e. The summed E-state index contributed by atoms with van der Waals surface area (Å²) in [5.41, 5.74) is 1.86. The molecule has 28 heavy (non-hydrogen) atoms. The van der Waals surface area contributed by atoms with E-state index in [9.17, 15) is 14.9 Å². The van der Waals surface area contributed by atoms with Crippen molar-refractivity contribution in [2.45, 2.75) is 12.8 Å². The molecule has 6 heteroatoms. The maximum absolute atomic E-state index is 12.4. The van der Waals surface area contributed by atoms with E-state index in [0.717, 1.165) is 12.8 Å². The summed E-state index contributed by atoms with van der Waals surface area (Å²) in [5, 5.41) is 12.2. The maximum Gasteiger partial charge on any atom is 0.264 e. The Kier molecular flexibility index (Phi) is 6.07. The molecule has 1 aliphatic heterocycles. The van der Waals surface area contributed by atoms with E-state index in [4.69, 9.17) is 4.74 Å². The standard InChI is InChI=1S/C22H21N3O3/c1-28-20-9-7-17(8-10-20)21(26)24-19-6-4-5-16(14-19)13-18(15-23)22(27)25-11-2-3-12-25/h4-10,13-14H,2-3,11-12H2,1H3,(H,24,26)/b18-13+. The van der Waals surface area contributed by atoms with E-state index in [1.165, 1.54) is 0 Å². The molecule has 0 spiro atoms. The van der Waals surface area contributed by atoms with Crippen molar-refractivity contribution >= 4 is 23.6 Å². The van der Waals surface area contributed by atoms with Crippen LogP contribution in [0.1, 0.15) is 28.8 Å². The molecular formula is C22H21N3O3. The van der Waals surface area contributed by atoms with Crippen LogP contribution in [0.15, 0.2) is 54.1 Å². The third-order valence-corrected chi connectivity index (χ3v) is 4.55. The quantitative estimate of drug-likeness (QED) is 0.641. The minimum Gasteiger partial charge on any atom is -0.497 e. The summed E-state index contributed by atoms with van der Waals surface area (Å²) in [4.78, 5) is 26.5. The highest BCUT2D eigenvalue weighted by molar-refractivity contribution is 6.05. The molecule has 0 saturated carbocycles. The lowest BCUT2D eigenvalue weighted by Crippen LogP contribution is -2.28. The number of amides is 2. The lowest BCUT2D eigenvalue weighted by Gasteiger charge is -2.14. The molecule has 0 aliphatic carbocycles. The van der Waals surface area contributed by atoms with Crippen LogP contribution in [0.25, 0.3) is 6.08 Å². The summed E-state index contributed by atoms with van der Waals surface area (Å²) in [5.74, 6) is 0.181. The molecule has 1 heterocycles. The van der Waals surface area contributed by atoms with E-state index in [1.54, 1.807) is 66.6 Å². The fraction of sp³-hybridized carbons (Fsp3) is 0.227. The van der Waals surface area contributed by atoms with Crippen LogP contribution >= 0.6 is 0 Å². The Labute approximate surface area is 164 Å². The lowest BCUT2D eigenvalue weighted by atomic mass is 10.1. The molecule has 0 aromatic heterocycles. The van der Waals surface area contributed by atoms with Gasteiger partial charge in [-0.25, -0.2) is 0 Å². The zero-order valence-electron chi connectivity index (χ0n) is 15.6. The van der Waals surface area contributed by atoms with Crippen LogP contribution in [0, 0.1) is 11.3 Å². The molecule has 3 rings (SSSR count). The largest absolute Gasteiger partial charge is 0.497 e. The molecule has 0 unspecified atom stereocenters. The molecule has 0 bridgehead atoms. The fourth-order valence-corrected chi connectivity index (χ4v) is 3.05. The molecule has 1 aliphatic rings. The second-order valence-electron chi connectivity index (χ2n) is 6.48. The molecule has 142 valence electrons. The highest BCUT2D eigenvalue weighted by Gasteiger charge is 2.21. The van der Waals surface area contributed by atoms with E-state index >= 15 is 0 Å². The second kappa shape index (κ2) is 8.87. The Morgan fingerprint density at radius 2 is 1.86 bits per heavy atom. The molecule has 1 fully saturated rings. The van der Waals surface area contributed by atoms with Gasteiger partial charge in [-0.2, -0.15) is 5.26 Å². The van der Waals surface area contributed by atoms with Gasteiger partial charge < -0.3 is 15.0 Å². The predicted octanol–water partition coefficient (Wildman–Crippen LogP) is 3.48. The number of carbonyl (C=O) groups excluding carboxylic acids is 2. The van der Waals surface area contributed by atoms with Gasteiger partial charge in [0.2, 0.25) is 0 Å². The monoisotopic (exact) mass is 375 g/mol. The molecule has 1 saturated heterocycles. The number of hydrogen-bond acceptors (Lipinski definition) is 4. The molecule has 2 aromatic carbocycles. The van der Waals surface area contributed by atoms with Gasteiger partial charge in [0.05, 0.1) is 7.11 Å². The zero-order valence-corrected chi connectivity index (χ0v) is 15.6. The number of hydrogen-bond donors (Lipinski definition) is 1. The average molecular weight is 375 g/mol. The first-order valence-corrected chi connectivity index (χ1v) is 9.07. The third kappa shape index (κ3) is 4.57. The number of nitriles is 1. The first-order chi connectivity index (χ1) is 13.6. The van der Waals surface area contributed by atoms with Gasteiger partial charge in [-0.3, -0.25) is 9.59 Å². The van der Waals surface area contributed by atoms with Crippen LogP contribution in [-0.4, -0.2) is 36.9 Å². The second-order valence-corrected chi connectivity index (χ2v) is 6.48. The Morgan fingerprint density at radius 1 is 1.14 bits per heavy atom. The minimum atomic E-state index is -0.252. The van der Waals surface area contributed by atoms with Gasteiger partial charge in [-0.15, -0.1) is 0 Å². The average Bonchev–Trinajstić information content (AvgIpc) is 3.27. The number of rotatable bonds is 5. The summed E-state index contributed by atoms with van der Waals surface area (Å²) in [7, 11) is 1.57. The van der Waals surface area contributed by atoms with E-state index < -0.39 is 0 Å². The SMILES string of the molecule is COc1ccc(C(=O)Nc2cccc(/C=C(\C#N)C(=O)N3CCCC3)c2)cc1. The van der Waals surface area contributed by atoms with Crippen molar-refractivity contribution in [3.63, 3.8) is 0 Å². The van der Waals surface area contributed by atoms with Gasteiger partial charge in [0.1, 0.15) is 17.4 Å². The van der Waals surface area contributed by atoms with Gasteiger partial charge in [0.15, 0.2) is 0 Å². The number of benzene rings is 2. The zero-order chi connectivity index (χ0) is 19.9. The number of anilines is 1. The van der Waals surface area contributed by atoms with Crippen molar-refractivity contribution in [1.82, 2.24) is 4.90 Å². The summed E-state index contributed by atoms with van der Waals surface area (Å²) < 4.78 is 5.09. The van der Waals surface area contributed by atoms with Crippen molar-refractivity contribution in [1.29, 1.82) is 5.26 Å². The topological polar surface area (TPSA) is 82.4 Å². The van der Waals surface area contributed by atoms with Crippen molar-refractivity contribution in [3.05, 3.63) is 65.2 Å². The number of likely N-dealkylation sites (tertiary alicyclic amines) is 1. The molecular weight excluding hydrogens is 354 g/mol. The van der Waals surface area contributed by atoms with Crippen LogP contribution in [-0.2, 0) is 4.79 Å². The fourth-order valence-electron chi connectivity index (χ4n) is 3.05. The summed E-state index contributed by atoms with van der Waals surface area (Å²) >= 11 is 0. The molecule has 1 N–H and O–H groups in total. The minimum absolute atomic E-state index is 0.0977. The van der Waals surface area contributed by atoms with E-state index in [1.807, 2.05) is 6.07 Å². The van der Waals surface area contributed by atoms with Gasteiger partial charge in [0.25, 0.3) is 11.8 Å². The van der Waals surface area contributed by atoms with Gasteiger partial charge in [0, 0.05) is 24.3 Å². The first-order valence-electron chi connectivity index (χ1n) is 9.07. The Hall–Kier alpha value is -3.59. The molecule has 2 aromatic rings. The number of methoxy groups -OCH3 is 1. The molecule has 0 radical (unpaired) electrons. The van der Waals surface area contributed by atoms with Crippen molar-refractivity contribution in [2.75, 3.05) is 25.5 Å². The van der Waals surface area contributed by atoms with Crippen LogP contribution in [0.3, 0.4) is 0 Å². The van der Waals surface area contributed by atoms with Gasteiger partial charge in [-0.05, 0) is 60.9 Å². The number of ether oxygens (including phenoxy) is 1. The normalized spacial score (nSPS) is 13.7. The third-order valence-electron chi connectivity index (χ3n) is 4.55. The van der Waals surface area contributed by atoms with Crippen molar-refractivity contribution in [3.8, 4) is 11.8 Å². The van der Waals surface area contributed by atoms with E-state index in [-0.39, 0.29) is 17.4 Å². The Bertz CT molecular complexity index is 936. The van der Waals surface area contributed by atoms with Gasteiger partial charge >= 0.3 is 0 Å². The predicted molar refractivity (Wildman–Crippen MR) is 107 cm³/mol. The van der Waals surface area contributed by atoms with Crippen LogP contribution in [0.4, 0.5) is 5.69 Å². The van der Waals surface area contributed by atoms with Crippen molar-refractivity contribution < 1.29 is 14.3 Å². The summed E-state index contributed by atoms with van der Waals surface area (Å²) in [6, 6.07) is 15.8. The highest BCUT2D eigenvalue weighted by atomic mass is 16.5. The summed E-state index contributed by atoms with van der Waals surface area (Å²) in [6.45, 7) is 1.38. The van der Waals surface area contributed by atoms with Crippen molar-refractivity contribution in [2.24, 2.45) is 0 Å². The lowest BCUT2D eigenvalue weighted by molar-refractivity contribution is -0.125. The van der Waals surface area contributed by atoms with Crippen LogP contribution in [0.5, 0.6) is 5.75 Å². The highest BCUT2D eigenvalue weighted by Crippen LogP contribution is 2.18.